The van der Waals surface area contributed by atoms with Crippen LogP contribution in [0.15, 0.2) is 48.5 Å². The summed E-state index contributed by atoms with van der Waals surface area (Å²) in [6, 6.07) is 15.4. The van der Waals surface area contributed by atoms with Crippen LogP contribution in [0.2, 0.25) is 0 Å². The van der Waals surface area contributed by atoms with Crippen LogP contribution in [-0.2, 0) is 21.7 Å². The van der Waals surface area contributed by atoms with Crippen LogP contribution < -0.4 is 16.8 Å². The third-order valence-electron chi connectivity index (χ3n) is 8.11. The summed E-state index contributed by atoms with van der Waals surface area (Å²) in [6.07, 6.45) is -0.184. The highest BCUT2D eigenvalue weighted by atomic mass is 16.7. The largest absolute Gasteiger partial charge is 0.362 e. The number of nitrogens with two attached hydrogens (primary N) is 2. The number of amides is 3. The molecule has 1 saturated heterocycles. The lowest BCUT2D eigenvalue weighted by Gasteiger charge is -2.38. The summed E-state index contributed by atoms with van der Waals surface area (Å²) < 4.78 is 16.7. The lowest BCUT2D eigenvalue weighted by atomic mass is 9.96. The highest BCUT2D eigenvalue weighted by molar-refractivity contribution is 6.31. The fourth-order valence-corrected chi connectivity index (χ4v) is 6.69. The number of carbonyl (C=O) groups excluding carboxylic acids is 2. The summed E-state index contributed by atoms with van der Waals surface area (Å²) in [5.74, 6) is -1.57. The number of aromatic nitrogens is 2. The lowest BCUT2D eigenvalue weighted by Crippen LogP contribution is -2.51. The molecule has 188 valence electrons. The Bertz CT molecular complexity index is 1830. The smallest absolute Gasteiger partial charge is 0.309 e. The van der Waals surface area contributed by atoms with Gasteiger partial charge >= 0.3 is 6.03 Å². The van der Waals surface area contributed by atoms with E-state index in [1.54, 1.807) is 0 Å². The Hall–Kier alpha value is -4.12. The van der Waals surface area contributed by atoms with Crippen molar-refractivity contribution in [2.75, 3.05) is 7.11 Å². The first-order chi connectivity index (χ1) is 17.7. The number of nitrogens with zero attached hydrogens (tertiary/aromatic N) is 2. The monoisotopic (exact) mass is 499 g/mol. The van der Waals surface area contributed by atoms with Crippen molar-refractivity contribution in [3.63, 3.8) is 0 Å². The normalized spacial score (nSPS) is 25.5. The van der Waals surface area contributed by atoms with Crippen molar-refractivity contribution < 1.29 is 24.2 Å². The number of para-hydroxylation sites is 2. The maximum atomic E-state index is 13.2. The van der Waals surface area contributed by atoms with Crippen molar-refractivity contribution in [1.82, 2.24) is 14.5 Å². The average molecular weight is 500 g/mol. The molecule has 2 aromatic heterocycles. The van der Waals surface area contributed by atoms with Crippen LogP contribution in [-0.4, -0.2) is 39.1 Å². The van der Waals surface area contributed by atoms with E-state index in [4.69, 9.17) is 14.3 Å². The van der Waals surface area contributed by atoms with Crippen LogP contribution in [0, 0.1) is 0 Å². The third-order valence-corrected chi connectivity index (χ3v) is 8.11. The number of nitrogens with one attached hydrogen (secondary N) is 1. The van der Waals surface area contributed by atoms with Crippen LogP contribution in [0.25, 0.3) is 43.6 Å². The van der Waals surface area contributed by atoms with Crippen molar-refractivity contribution in [2.45, 2.75) is 37.6 Å². The van der Waals surface area contributed by atoms with Crippen molar-refractivity contribution in [3.05, 3.63) is 59.7 Å². The van der Waals surface area contributed by atoms with E-state index in [0.29, 0.717) is 6.54 Å². The minimum absolute atomic E-state index is 0.0402. The van der Waals surface area contributed by atoms with Gasteiger partial charge in [-0.25, -0.2) is 4.79 Å². The van der Waals surface area contributed by atoms with Crippen LogP contribution in [0.3, 0.4) is 0 Å². The van der Waals surface area contributed by atoms with E-state index >= 15 is 0 Å². The van der Waals surface area contributed by atoms with Gasteiger partial charge in [-0.15, -0.1) is 0 Å². The molecular formula is C27H25N5O5. The quantitative estimate of drug-likeness (QED) is 0.262. The first-order valence-electron chi connectivity index (χ1n) is 12.0. The maximum Gasteiger partial charge on any atom is 0.309 e. The lowest BCUT2D eigenvalue weighted by molar-refractivity contribution is -0.285. The molecule has 0 radical (unpaired) electrons. The molecule has 1 fully saturated rings. The van der Waals surface area contributed by atoms with Gasteiger partial charge in [-0.3, -0.25) is 4.79 Å². The number of methoxy groups -OCH3 is 1. The van der Waals surface area contributed by atoms with Crippen LogP contribution in [0.4, 0.5) is 4.79 Å². The number of aliphatic hydroxyl groups is 1. The van der Waals surface area contributed by atoms with Gasteiger partial charge in [0.25, 0.3) is 5.91 Å². The van der Waals surface area contributed by atoms with Gasteiger partial charge < -0.3 is 40.5 Å². The molecule has 3 amide bonds. The molecule has 6 N–H and O–H groups in total. The van der Waals surface area contributed by atoms with Crippen LogP contribution >= 0.6 is 0 Å². The summed E-state index contributed by atoms with van der Waals surface area (Å²) in [7, 11) is 1.53. The molecule has 2 bridgehead atoms. The van der Waals surface area contributed by atoms with Crippen LogP contribution in [0.5, 0.6) is 0 Å². The van der Waals surface area contributed by atoms with Gasteiger partial charge in [0.15, 0.2) is 5.72 Å². The Balaban J connectivity index is 0.000000542. The topological polar surface area (TPSA) is 147 Å². The van der Waals surface area contributed by atoms with Crippen molar-refractivity contribution in [1.29, 1.82) is 0 Å². The predicted octanol–water partition coefficient (Wildman–Crippen LogP) is 3.11. The second-order valence-corrected chi connectivity index (χ2v) is 9.87. The van der Waals surface area contributed by atoms with Crippen LogP contribution in [0.1, 0.15) is 35.5 Å². The first kappa shape index (κ1) is 22.1. The summed E-state index contributed by atoms with van der Waals surface area (Å²) >= 11 is 0. The highest BCUT2D eigenvalue weighted by Gasteiger charge is 2.61. The van der Waals surface area contributed by atoms with E-state index < -0.39 is 23.8 Å². The number of hydrogen-bond donors (Lipinski definition) is 4. The predicted molar refractivity (Wildman–Crippen MR) is 138 cm³/mol. The molecule has 0 spiro atoms. The number of benzene rings is 3. The standard InChI is InChI=1S/C26H21N3O4.CH4N2O/c1-25-26(31,32-2)11-18(33-25)28-16-9-5-3-7-13(16)20-21-15(12-27-24(21)30)19-14-8-4-6-10-17(14)29(25)23(19)22(20)28;2-1(3)4/h3-10,18,31H,11-12H2,1-2H3,(H,27,30);(H4,2,3,4)/t18-,25+,26+;/m1./s1. The number of hydrogen-bond acceptors (Lipinski definition) is 5. The number of urea groups is 1. The van der Waals surface area contributed by atoms with E-state index in [-0.39, 0.29) is 12.3 Å². The molecule has 0 unspecified atom stereocenters. The summed E-state index contributed by atoms with van der Waals surface area (Å²) in [4.78, 5) is 22.2. The van der Waals surface area contributed by atoms with E-state index in [9.17, 15) is 9.90 Å². The maximum absolute atomic E-state index is 13.2. The number of primary amides is 2. The number of carbonyl (C=O) groups is 2. The Morgan fingerprint density at radius 1 is 1.08 bits per heavy atom. The molecule has 10 heteroatoms. The molecule has 3 aliphatic rings. The average Bonchev–Trinajstić information content (AvgIpc) is 3.56. The van der Waals surface area contributed by atoms with Gasteiger partial charge in [0.1, 0.15) is 6.23 Å². The third kappa shape index (κ3) is 2.49. The second-order valence-electron chi connectivity index (χ2n) is 9.87. The molecule has 5 heterocycles. The van der Waals surface area contributed by atoms with E-state index in [1.807, 2.05) is 37.3 Å². The molecule has 3 aliphatic heterocycles. The van der Waals surface area contributed by atoms with Crippen molar-refractivity contribution >= 4 is 55.5 Å². The molecule has 5 aromatic rings. The molecule has 37 heavy (non-hydrogen) atoms. The Kier molecular flexibility index (Phi) is 4.18. The van der Waals surface area contributed by atoms with Gasteiger partial charge in [0.2, 0.25) is 5.79 Å². The van der Waals surface area contributed by atoms with Crippen molar-refractivity contribution in [3.8, 4) is 0 Å². The summed E-state index contributed by atoms with van der Waals surface area (Å²) in [6.45, 7) is 2.38. The number of fused-ring (bicyclic) bond motifs is 13. The molecular weight excluding hydrogens is 474 g/mol. The summed E-state index contributed by atoms with van der Waals surface area (Å²) in [5.41, 5.74) is 13.0. The zero-order valence-corrected chi connectivity index (χ0v) is 20.2. The van der Waals surface area contributed by atoms with Gasteiger partial charge in [-0.05, 0) is 24.6 Å². The molecule has 0 saturated carbocycles. The van der Waals surface area contributed by atoms with E-state index in [0.717, 1.165) is 54.7 Å². The molecule has 3 atom stereocenters. The molecule has 8 rings (SSSR count). The Labute approximate surface area is 210 Å². The number of rotatable bonds is 1. The van der Waals surface area contributed by atoms with Gasteiger partial charge in [0, 0.05) is 35.2 Å². The highest BCUT2D eigenvalue weighted by Crippen LogP contribution is 2.57. The second kappa shape index (κ2) is 7.00. The Morgan fingerprint density at radius 2 is 1.70 bits per heavy atom. The molecule has 0 aliphatic carbocycles. The minimum atomic E-state index is -1.53. The zero-order chi connectivity index (χ0) is 25.9. The van der Waals surface area contributed by atoms with E-state index in [2.05, 4.69) is 44.1 Å². The van der Waals surface area contributed by atoms with Gasteiger partial charge in [0.05, 0.1) is 34.1 Å². The number of ether oxygens (including phenoxy) is 2. The molecule has 3 aromatic carbocycles. The fraction of sp³-hybridized carbons (Fsp3) is 0.259. The molecule has 10 nitrogen and oxygen atoms in total. The van der Waals surface area contributed by atoms with E-state index in [1.165, 1.54) is 7.11 Å². The zero-order valence-electron chi connectivity index (χ0n) is 20.2. The first-order valence-corrected chi connectivity index (χ1v) is 12.0. The Morgan fingerprint density at radius 3 is 2.38 bits per heavy atom. The van der Waals surface area contributed by atoms with Gasteiger partial charge in [-0.1, -0.05) is 36.4 Å². The minimum Gasteiger partial charge on any atom is -0.362 e. The fourth-order valence-electron chi connectivity index (χ4n) is 6.69. The van der Waals surface area contributed by atoms with Crippen molar-refractivity contribution in [2.24, 2.45) is 11.5 Å². The SMILES string of the molecule is CO[C@@]1(O)C[C@H]2O[C@]1(C)n1c3ccccc3c3c4c(c5c6ccccc6n2c5c31)C(=O)NC4.NC(N)=O. The summed E-state index contributed by atoms with van der Waals surface area (Å²) in [5, 5.41) is 18.9. The van der Waals surface area contributed by atoms with Gasteiger partial charge in [-0.2, -0.15) is 0 Å².